The maximum absolute atomic E-state index is 12.0. The highest BCUT2D eigenvalue weighted by Crippen LogP contribution is 2.19. The Morgan fingerprint density at radius 2 is 2.08 bits per heavy atom. The van der Waals surface area contributed by atoms with Gasteiger partial charge < -0.3 is 14.6 Å². The molecule has 2 aromatic heterocycles. The summed E-state index contributed by atoms with van der Waals surface area (Å²) in [6, 6.07) is 11.2. The maximum atomic E-state index is 12.0. The van der Waals surface area contributed by atoms with Gasteiger partial charge in [-0.2, -0.15) is 4.98 Å². The summed E-state index contributed by atoms with van der Waals surface area (Å²) in [7, 11) is 1.61. The number of nitrogens with zero attached hydrogens (tertiary/aromatic N) is 3. The summed E-state index contributed by atoms with van der Waals surface area (Å²) in [6.07, 6.45) is 5.36. The van der Waals surface area contributed by atoms with Crippen molar-refractivity contribution in [2.24, 2.45) is 0 Å². The lowest BCUT2D eigenvalue weighted by atomic mass is 10.1. The van der Waals surface area contributed by atoms with Crippen LogP contribution in [0, 0.1) is 0 Å². The molecule has 0 aliphatic heterocycles. The molecule has 134 valence electrons. The van der Waals surface area contributed by atoms with Crippen molar-refractivity contribution >= 4 is 5.91 Å². The van der Waals surface area contributed by atoms with E-state index in [1.165, 1.54) is 0 Å². The topological polar surface area (TPSA) is 90.1 Å². The van der Waals surface area contributed by atoms with Crippen LogP contribution in [0.2, 0.25) is 0 Å². The number of hydrogen-bond acceptors (Lipinski definition) is 6. The molecule has 0 aliphatic rings. The third-order valence-corrected chi connectivity index (χ3v) is 3.82. The van der Waals surface area contributed by atoms with Crippen molar-refractivity contribution in [2.45, 2.75) is 19.3 Å². The minimum absolute atomic E-state index is 0.0655. The molecule has 7 heteroatoms. The predicted molar refractivity (Wildman–Crippen MR) is 95.6 cm³/mol. The normalized spacial score (nSPS) is 10.5. The van der Waals surface area contributed by atoms with E-state index >= 15 is 0 Å². The summed E-state index contributed by atoms with van der Waals surface area (Å²) >= 11 is 0. The second-order valence-electron chi connectivity index (χ2n) is 5.73. The quantitative estimate of drug-likeness (QED) is 0.626. The molecule has 0 aliphatic carbocycles. The molecule has 0 spiro atoms. The van der Waals surface area contributed by atoms with Gasteiger partial charge in [-0.1, -0.05) is 11.2 Å². The van der Waals surface area contributed by atoms with Gasteiger partial charge in [-0.25, -0.2) is 0 Å². The predicted octanol–water partition coefficient (Wildman–Crippen LogP) is 2.43. The molecule has 0 saturated heterocycles. The monoisotopic (exact) mass is 352 g/mol. The lowest BCUT2D eigenvalue weighted by molar-refractivity contribution is -0.120. The van der Waals surface area contributed by atoms with Gasteiger partial charge in [0.2, 0.25) is 17.6 Å². The molecule has 1 aromatic carbocycles. The molecule has 7 nitrogen and oxygen atoms in total. The van der Waals surface area contributed by atoms with Gasteiger partial charge in [0, 0.05) is 24.5 Å². The average molecular weight is 352 g/mol. The lowest BCUT2D eigenvalue weighted by Crippen LogP contribution is -2.26. The molecule has 1 amide bonds. The number of aromatic nitrogens is 3. The zero-order valence-corrected chi connectivity index (χ0v) is 14.5. The zero-order chi connectivity index (χ0) is 18.2. The number of methoxy groups -OCH3 is 1. The number of benzene rings is 1. The molecule has 0 unspecified atom stereocenters. The summed E-state index contributed by atoms with van der Waals surface area (Å²) in [5, 5.41) is 6.78. The van der Waals surface area contributed by atoms with Crippen LogP contribution in [0.15, 0.2) is 53.3 Å². The minimum atomic E-state index is -0.138. The Morgan fingerprint density at radius 1 is 1.23 bits per heavy atom. The van der Waals surface area contributed by atoms with E-state index in [1.807, 2.05) is 42.6 Å². The van der Waals surface area contributed by atoms with E-state index in [2.05, 4.69) is 20.4 Å². The van der Waals surface area contributed by atoms with E-state index in [0.29, 0.717) is 18.3 Å². The highest BCUT2D eigenvalue weighted by molar-refractivity contribution is 5.77. The molecule has 0 fully saturated rings. The first-order valence-electron chi connectivity index (χ1n) is 8.37. The number of hydrogen-bond donors (Lipinski definition) is 1. The van der Waals surface area contributed by atoms with Crippen molar-refractivity contribution in [2.75, 3.05) is 13.7 Å². The van der Waals surface area contributed by atoms with E-state index in [0.717, 1.165) is 29.7 Å². The van der Waals surface area contributed by atoms with E-state index in [9.17, 15) is 4.79 Å². The fourth-order valence-corrected chi connectivity index (χ4v) is 2.45. The Kier molecular flexibility index (Phi) is 5.92. The van der Waals surface area contributed by atoms with Crippen LogP contribution >= 0.6 is 0 Å². The van der Waals surface area contributed by atoms with Crippen molar-refractivity contribution in [1.29, 1.82) is 0 Å². The summed E-state index contributed by atoms with van der Waals surface area (Å²) in [5.74, 6) is 1.36. The number of rotatable bonds is 8. The van der Waals surface area contributed by atoms with Gasteiger partial charge in [0.1, 0.15) is 12.2 Å². The molecule has 0 atom stereocenters. The van der Waals surface area contributed by atoms with Crippen LogP contribution in [-0.2, 0) is 17.6 Å². The molecular weight excluding hydrogens is 332 g/mol. The van der Waals surface area contributed by atoms with Crippen LogP contribution in [0.25, 0.3) is 11.4 Å². The molecule has 3 aromatic rings. The van der Waals surface area contributed by atoms with Crippen LogP contribution in [-0.4, -0.2) is 34.7 Å². The van der Waals surface area contributed by atoms with Crippen molar-refractivity contribution in [3.05, 3.63) is 60.2 Å². The highest BCUT2D eigenvalue weighted by atomic mass is 16.5. The van der Waals surface area contributed by atoms with E-state index < -0.39 is 0 Å². The first kappa shape index (κ1) is 17.6. The molecule has 0 bridgehead atoms. The molecule has 0 saturated carbocycles. The van der Waals surface area contributed by atoms with E-state index in [-0.39, 0.29) is 12.3 Å². The van der Waals surface area contributed by atoms with Gasteiger partial charge in [-0.15, -0.1) is 0 Å². The van der Waals surface area contributed by atoms with Gasteiger partial charge in [0.05, 0.1) is 7.11 Å². The van der Waals surface area contributed by atoms with Gasteiger partial charge in [-0.05, 0) is 48.7 Å². The first-order chi connectivity index (χ1) is 12.7. The number of nitrogens with one attached hydrogen (secondary N) is 1. The Hall–Kier alpha value is -3.22. The minimum Gasteiger partial charge on any atom is -0.497 e. The van der Waals surface area contributed by atoms with Gasteiger partial charge in [-0.3, -0.25) is 9.78 Å². The standard InChI is InChI=1S/C19H20N4O3/c1-25-16-8-6-15(7-9-16)19-22-18(26-23-19)12-17(24)21-11-3-5-14-4-2-10-20-13-14/h2,4,6-10,13H,3,5,11-12H2,1H3,(H,21,24). The highest BCUT2D eigenvalue weighted by Gasteiger charge is 2.12. The third kappa shape index (κ3) is 4.89. The van der Waals surface area contributed by atoms with Crippen molar-refractivity contribution in [1.82, 2.24) is 20.4 Å². The third-order valence-electron chi connectivity index (χ3n) is 3.82. The number of ether oxygens (including phenoxy) is 1. The Bertz CT molecular complexity index is 832. The van der Waals surface area contributed by atoms with Crippen LogP contribution in [0.3, 0.4) is 0 Å². The zero-order valence-electron chi connectivity index (χ0n) is 14.5. The van der Waals surface area contributed by atoms with Crippen molar-refractivity contribution < 1.29 is 14.1 Å². The summed E-state index contributed by atoms with van der Waals surface area (Å²) in [4.78, 5) is 20.3. The number of carbonyl (C=O) groups excluding carboxylic acids is 1. The fraction of sp³-hybridized carbons (Fsp3) is 0.263. The second-order valence-corrected chi connectivity index (χ2v) is 5.73. The molecule has 2 heterocycles. The molecule has 26 heavy (non-hydrogen) atoms. The SMILES string of the molecule is COc1ccc(-c2noc(CC(=O)NCCCc3cccnc3)n2)cc1. The van der Waals surface area contributed by atoms with E-state index in [1.54, 1.807) is 13.3 Å². The number of carbonyl (C=O) groups is 1. The van der Waals surface area contributed by atoms with Gasteiger partial charge in [0.15, 0.2) is 0 Å². The maximum Gasteiger partial charge on any atom is 0.236 e. The Morgan fingerprint density at radius 3 is 2.81 bits per heavy atom. The van der Waals surface area contributed by atoms with E-state index in [4.69, 9.17) is 9.26 Å². The fourth-order valence-electron chi connectivity index (χ4n) is 2.45. The van der Waals surface area contributed by atoms with Crippen LogP contribution in [0.1, 0.15) is 17.9 Å². The first-order valence-corrected chi connectivity index (χ1v) is 8.37. The largest absolute Gasteiger partial charge is 0.497 e. The van der Waals surface area contributed by atoms with Crippen LogP contribution in [0.4, 0.5) is 0 Å². The smallest absolute Gasteiger partial charge is 0.236 e. The van der Waals surface area contributed by atoms with Crippen molar-refractivity contribution in [3.63, 3.8) is 0 Å². The number of aryl methyl sites for hydroxylation is 1. The summed E-state index contributed by atoms with van der Waals surface area (Å²) in [6.45, 7) is 0.590. The second kappa shape index (κ2) is 8.75. The lowest BCUT2D eigenvalue weighted by Gasteiger charge is -2.03. The number of pyridine rings is 1. The Labute approximate surface area is 151 Å². The van der Waals surface area contributed by atoms with Crippen LogP contribution < -0.4 is 10.1 Å². The van der Waals surface area contributed by atoms with Gasteiger partial charge in [0.25, 0.3) is 0 Å². The molecule has 1 N–H and O–H groups in total. The molecular formula is C19H20N4O3. The average Bonchev–Trinajstić information content (AvgIpc) is 3.14. The van der Waals surface area contributed by atoms with Gasteiger partial charge >= 0.3 is 0 Å². The Balaban J connectivity index is 1.45. The molecule has 3 rings (SSSR count). The summed E-state index contributed by atoms with van der Waals surface area (Å²) < 4.78 is 10.3. The number of amides is 1. The summed E-state index contributed by atoms with van der Waals surface area (Å²) in [5.41, 5.74) is 1.96. The molecule has 0 radical (unpaired) electrons. The van der Waals surface area contributed by atoms with Crippen LogP contribution in [0.5, 0.6) is 5.75 Å². The van der Waals surface area contributed by atoms with Crippen molar-refractivity contribution in [3.8, 4) is 17.1 Å².